The van der Waals surface area contributed by atoms with Crippen LogP contribution < -0.4 is 10.9 Å². The summed E-state index contributed by atoms with van der Waals surface area (Å²) >= 11 is 3.85. The zero-order chi connectivity index (χ0) is 5.98. The first kappa shape index (κ1) is 12.5. The maximum Gasteiger partial charge on any atom is 0.248 e. The van der Waals surface area contributed by atoms with E-state index in [0.29, 0.717) is 9.76 Å². The molecule has 0 aromatic carbocycles. The molecular weight excluding hydrogens is 202 g/mol. The summed E-state index contributed by atoms with van der Waals surface area (Å²) in [7, 11) is 0. The van der Waals surface area contributed by atoms with Gasteiger partial charge in [-0.1, -0.05) is 12.6 Å². The predicted molar refractivity (Wildman–Crippen MR) is 37.7 cm³/mol. The van der Waals surface area contributed by atoms with Crippen LogP contribution in [0, 0.1) is 5.21 Å². The molecule has 1 heterocycles. The maximum absolute atomic E-state index is 10.5. The number of rotatable bonds is 0. The van der Waals surface area contributed by atoms with E-state index in [1.165, 1.54) is 6.20 Å². The van der Waals surface area contributed by atoms with Crippen LogP contribution in [0.25, 0.3) is 0 Å². The van der Waals surface area contributed by atoms with Gasteiger partial charge >= 0.3 is 0 Å². The van der Waals surface area contributed by atoms with E-state index >= 15 is 0 Å². The molecule has 1 aromatic heterocycles. The molecule has 0 saturated carbocycles. The molecule has 0 atom stereocenters. The summed E-state index contributed by atoms with van der Waals surface area (Å²) in [5, 5.41) is 10.9. The Morgan fingerprint density at radius 2 is 2.00 bits per heavy atom. The van der Waals surface area contributed by atoms with Crippen LogP contribution in [-0.4, -0.2) is 0 Å². The summed E-state index contributed by atoms with van der Waals surface area (Å²) in [6, 6.07) is 5.06. The third-order valence-corrected chi connectivity index (χ3v) is 1.15. The molecule has 0 radical (unpaired) electrons. The van der Waals surface area contributed by atoms with Gasteiger partial charge in [-0.15, -0.1) is 0 Å². The van der Waals surface area contributed by atoms with Crippen LogP contribution in [0.4, 0.5) is 0 Å². The molecule has 0 aliphatic heterocycles. The number of hydrogen-bond acceptors (Lipinski definition) is 3. The van der Waals surface area contributed by atoms with Gasteiger partial charge in [0.15, 0.2) is 6.20 Å². The van der Waals surface area contributed by atoms with Gasteiger partial charge in [-0.2, -0.15) is 4.73 Å². The van der Waals surface area contributed by atoms with Crippen LogP contribution >= 0.6 is 12.6 Å². The Kier molecular flexibility index (Phi) is 7.09. The number of hydrogen-bond donors (Lipinski definition) is 2. The van der Waals surface area contributed by atoms with Crippen molar-refractivity contribution < 1.29 is 24.2 Å². The Labute approximate surface area is 77.8 Å². The summed E-state index contributed by atoms with van der Waals surface area (Å²) in [4.78, 5) is 0. The Morgan fingerprint density at radius 1 is 1.40 bits per heavy atom. The maximum atomic E-state index is 10.5. The number of thiol groups is 1. The topological polar surface area (TPSA) is 61.9 Å². The van der Waals surface area contributed by atoms with Gasteiger partial charge in [0.05, 0.1) is 0 Å². The molecule has 1 rings (SSSR count). The number of aromatic nitrogens is 1. The minimum Gasteiger partial charge on any atom is -0.618 e. The molecule has 0 amide bonds. The quantitative estimate of drug-likeness (QED) is 0.287. The van der Waals surface area contributed by atoms with E-state index in [9.17, 15) is 5.21 Å². The van der Waals surface area contributed by atoms with Crippen LogP contribution in [0.3, 0.4) is 0 Å². The third-order valence-electron chi connectivity index (χ3n) is 0.804. The van der Waals surface area contributed by atoms with Gasteiger partial charge in [-0.25, -0.2) is 0 Å². The van der Waals surface area contributed by atoms with Gasteiger partial charge in [0.25, 0.3) is 0 Å². The second kappa shape index (κ2) is 5.65. The molecule has 0 spiro atoms. The van der Waals surface area contributed by atoms with E-state index in [-0.39, 0.29) is 25.6 Å². The van der Waals surface area contributed by atoms with E-state index < -0.39 is 0 Å². The first-order chi connectivity index (χ1) is 3.80. The fourth-order valence-corrected chi connectivity index (χ4v) is 0.572. The zero-order valence-electron chi connectivity index (χ0n) is 5.53. The van der Waals surface area contributed by atoms with E-state index in [1.807, 2.05) is 0 Å². The molecule has 5 heteroatoms. The van der Waals surface area contributed by atoms with Crippen molar-refractivity contribution in [1.82, 2.24) is 6.15 Å². The normalized spacial score (nSPS) is 7.30. The first-order valence-electron chi connectivity index (χ1n) is 2.18. The second-order valence-corrected chi connectivity index (χ2v) is 1.84. The van der Waals surface area contributed by atoms with Crippen molar-refractivity contribution in [1.29, 1.82) is 0 Å². The molecule has 0 fully saturated rings. The van der Waals surface area contributed by atoms with Crippen LogP contribution in [0.2, 0.25) is 0 Å². The summed E-state index contributed by atoms with van der Waals surface area (Å²) < 4.78 is 0.698. The van der Waals surface area contributed by atoms with Crippen molar-refractivity contribution in [2.75, 3.05) is 0 Å². The predicted octanol–water partition coefficient (Wildman–Crippen LogP) is 0.768. The van der Waals surface area contributed by atoms with Crippen molar-refractivity contribution >= 4 is 12.6 Å². The molecule has 0 bridgehead atoms. The SMILES string of the molecule is N.[O-][n+]1ccccc1S.[Zn]. The van der Waals surface area contributed by atoms with E-state index in [2.05, 4.69) is 12.6 Å². The smallest absolute Gasteiger partial charge is 0.248 e. The van der Waals surface area contributed by atoms with Crippen LogP contribution in [0.1, 0.15) is 0 Å². The van der Waals surface area contributed by atoms with Gasteiger partial charge in [0.2, 0.25) is 5.03 Å². The Balaban J connectivity index is 0. The average molecular weight is 210 g/mol. The summed E-state index contributed by atoms with van der Waals surface area (Å²) in [5.41, 5.74) is 0. The number of pyridine rings is 1. The molecule has 0 aliphatic rings. The van der Waals surface area contributed by atoms with Crippen LogP contribution in [-0.2, 0) is 19.5 Å². The molecule has 3 N–H and O–H groups in total. The third kappa shape index (κ3) is 3.15. The zero-order valence-corrected chi connectivity index (χ0v) is 9.39. The average Bonchev–Trinajstić information content (AvgIpc) is 1.77. The van der Waals surface area contributed by atoms with E-state index in [0.717, 1.165) is 0 Å². The van der Waals surface area contributed by atoms with Gasteiger partial charge in [0.1, 0.15) is 0 Å². The monoisotopic (exact) mass is 208 g/mol. The molecule has 10 heavy (non-hydrogen) atoms. The van der Waals surface area contributed by atoms with Gasteiger partial charge in [0, 0.05) is 31.6 Å². The Morgan fingerprint density at radius 3 is 2.30 bits per heavy atom. The van der Waals surface area contributed by atoms with Gasteiger partial charge in [-0.05, 0) is 6.07 Å². The van der Waals surface area contributed by atoms with E-state index in [1.54, 1.807) is 18.2 Å². The van der Waals surface area contributed by atoms with Crippen molar-refractivity contribution in [3.8, 4) is 0 Å². The van der Waals surface area contributed by atoms with Crippen molar-refractivity contribution in [2.24, 2.45) is 0 Å². The minimum atomic E-state index is 0. The Hall–Kier alpha value is -0.117. The fourth-order valence-electron chi connectivity index (χ4n) is 0.419. The largest absolute Gasteiger partial charge is 0.618 e. The summed E-state index contributed by atoms with van der Waals surface area (Å²) in [5.74, 6) is 0. The molecule has 0 saturated heterocycles. The molecule has 0 aliphatic carbocycles. The van der Waals surface area contributed by atoms with Gasteiger partial charge < -0.3 is 11.4 Å². The molecular formula is C5H8N2OSZn. The molecule has 3 nitrogen and oxygen atoms in total. The second-order valence-electron chi connectivity index (χ2n) is 1.38. The van der Waals surface area contributed by atoms with Crippen LogP contribution in [0.15, 0.2) is 29.4 Å². The Bertz CT molecular complexity index is 176. The van der Waals surface area contributed by atoms with Gasteiger partial charge in [-0.3, -0.25) is 0 Å². The number of nitrogens with zero attached hydrogens (tertiary/aromatic N) is 1. The standard InChI is InChI=1S/C5H5NOS.H3N.Zn/c7-6-4-2-1-3-5(6)8;;/h1-4,8H;1H3;. The molecule has 1 aromatic rings. The minimum absolute atomic E-state index is 0. The summed E-state index contributed by atoms with van der Waals surface area (Å²) in [6.45, 7) is 0. The fraction of sp³-hybridized carbons (Fsp3) is 0. The van der Waals surface area contributed by atoms with Crippen LogP contribution in [0.5, 0.6) is 0 Å². The molecule has 52 valence electrons. The van der Waals surface area contributed by atoms with Crippen molar-refractivity contribution in [2.45, 2.75) is 5.03 Å². The molecule has 0 unspecified atom stereocenters. The van der Waals surface area contributed by atoms with Crippen molar-refractivity contribution in [3.05, 3.63) is 29.6 Å². The van der Waals surface area contributed by atoms with Crippen molar-refractivity contribution in [3.63, 3.8) is 0 Å². The summed E-state index contributed by atoms with van der Waals surface area (Å²) in [6.07, 6.45) is 1.41. The first-order valence-corrected chi connectivity index (χ1v) is 2.62. The van der Waals surface area contributed by atoms with E-state index in [4.69, 9.17) is 0 Å².